The summed E-state index contributed by atoms with van der Waals surface area (Å²) in [5.74, 6) is 0.0703. The lowest BCUT2D eigenvalue weighted by Crippen LogP contribution is -2.45. The Morgan fingerprint density at radius 3 is 2.42 bits per heavy atom. The number of benzene rings is 3. The zero-order valence-corrected chi connectivity index (χ0v) is 18.6. The third-order valence-corrected chi connectivity index (χ3v) is 6.50. The van der Waals surface area contributed by atoms with Crippen molar-refractivity contribution in [2.24, 2.45) is 0 Å². The Bertz CT molecular complexity index is 996. The van der Waals surface area contributed by atoms with Crippen molar-refractivity contribution in [3.8, 4) is 0 Å². The van der Waals surface area contributed by atoms with Crippen LogP contribution in [0.5, 0.6) is 0 Å². The van der Waals surface area contributed by atoms with Crippen LogP contribution in [0.25, 0.3) is 10.8 Å². The highest BCUT2D eigenvalue weighted by molar-refractivity contribution is 5.85. The summed E-state index contributed by atoms with van der Waals surface area (Å²) in [7, 11) is 4.39. The Labute approximate surface area is 185 Å². The Balaban J connectivity index is 1.44. The highest BCUT2D eigenvalue weighted by Gasteiger charge is 2.24. The Morgan fingerprint density at radius 1 is 1.00 bits per heavy atom. The number of rotatable bonds is 7. The van der Waals surface area contributed by atoms with E-state index in [1.807, 2.05) is 30.3 Å². The molecule has 4 rings (SSSR count). The van der Waals surface area contributed by atoms with E-state index in [0.29, 0.717) is 12.5 Å². The number of nitrogens with one attached hydrogen (secondary N) is 1. The molecule has 1 saturated heterocycles. The largest absolute Gasteiger partial charge is 0.348 e. The van der Waals surface area contributed by atoms with E-state index in [1.54, 1.807) is 0 Å². The van der Waals surface area contributed by atoms with Crippen molar-refractivity contribution in [3.05, 3.63) is 83.9 Å². The van der Waals surface area contributed by atoms with Crippen LogP contribution in [0.2, 0.25) is 0 Å². The SMILES string of the molecule is CN1CCC(N(C)CC(NC(=O)Cc2ccc3ccccc3c2)c2ccccc2)CC1. The molecule has 1 aliphatic rings. The quantitative estimate of drug-likeness (QED) is 0.626. The third-order valence-electron chi connectivity index (χ3n) is 6.50. The number of likely N-dealkylation sites (tertiary alicyclic amines) is 1. The maximum atomic E-state index is 13.0. The van der Waals surface area contributed by atoms with Crippen molar-refractivity contribution < 1.29 is 4.79 Å². The van der Waals surface area contributed by atoms with Crippen molar-refractivity contribution in [2.75, 3.05) is 33.7 Å². The first-order valence-electron chi connectivity index (χ1n) is 11.3. The van der Waals surface area contributed by atoms with Gasteiger partial charge in [0.05, 0.1) is 12.5 Å². The summed E-state index contributed by atoms with van der Waals surface area (Å²) in [6, 6.07) is 25.5. The molecule has 4 heteroatoms. The Kier molecular flexibility index (Phi) is 7.00. The molecule has 31 heavy (non-hydrogen) atoms. The van der Waals surface area contributed by atoms with Crippen LogP contribution in [0.4, 0.5) is 0 Å². The normalized spacial score (nSPS) is 16.5. The monoisotopic (exact) mass is 415 g/mol. The summed E-state index contributed by atoms with van der Waals surface area (Å²) in [5, 5.41) is 5.70. The van der Waals surface area contributed by atoms with Crippen LogP contribution in [0, 0.1) is 0 Å². The van der Waals surface area contributed by atoms with Crippen LogP contribution in [0.3, 0.4) is 0 Å². The smallest absolute Gasteiger partial charge is 0.224 e. The van der Waals surface area contributed by atoms with Gasteiger partial charge in [0.25, 0.3) is 0 Å². The zero-order valence-electron chi connectivity index (χ0n) is 18.6. The van der Waals surface area contributed by atoms with Crippen LogP contribution in [0.15, 0.2) is 72.8 Å². The van der Waals surface area contributed by atoms with E-state index in [0.717, 1.165) is 30.8 Å². The maximum absolute atomic E-state index is 13.0. The van der Waals surface area contributed by atoms with E-state index >= 15 is 0 Å². The summed E-state index contributed by atoms with van der Waals surface area (Å²) in [5.41, 5.74) is 2.21. The number of carbonyl (C=O) groups excluding carboxylic acids is 1. The first-order chi connectivity index (χ1) is 15.1. The molecule has 1 unspecified atom stereocenters. The fraction of sp³-hybridized carbons (Fsp3) is 0.370. The average Bonchev–Trinajstić information content (AvgIpc) is 2.79. The van der Waals surface area contributed by atoms with Crippen LogP contribution < -0.4 is 5.32 Å². The van der Waals surface area contributed by atoms with Crippen LogP contribution in [-0.2, 0) is 11.2 Å². The predicted octanol–water partition coefficient (Wildman–Crippen LogP) is 4.27. The number of amides is 1. The van der Waals surface area contributed by atoms with Gasteiger partial charge in [-0.1, -0.05) is 72.8 Å². The highest BCUT2D eigenvalue weighted by Crippen LogP contribution is 2.20. The molecule has 0 aliphatic carbocycles. The molecule has 4 nitrogen and oxygen atoms in total. The van der Waals surface area contributed by atoms with E-state index in [9.17, 15) is 4.79 Å². The Hall–Kier alpha value is -2.69. The van der Waals surface area contributed by atoms with Crippen molar-refractivity contribution >= 4 is 16.7 Å². The van der Waals surface area contributed by atoms with Gasteiger partial charge in [0.2, 0.25) is 5.91 Å². The molecule has 1 amide bonds. The van der Waals surface area contributed by atoms with Gasteiger partial charge < -0.3 is 15.1 Å². The average molecular weight is 416 g/mol. The molecular formula is C27H33N3O. The third kappa shape index (κ3) is 5.72. The molecule has 1 fully saturated rings. The maximum Gasteiger partial charge on any atom is 0.224 e. The van der Waals surface area contributed by atoms with E-state index < -0.39 is 0 Å². The van der Waals surface area contributed by atoms with Gasteiger partial charge in [-0.25, -0.2) is 0 Å². The van der Waals surface area contributed by atoms with Crippen LogP contribution in [-0.4, -0.2) is 55.5 Å². The van der Waals surface area contributed by atoms with E-state index in [2.05, 4.69) is 71.7 Å². The van der Waals surface area contributed by atoms with Crippen LogP contribution >= 0.6 is 0 Å². The standard InChI is InChI=1S/C27H33N3O/c1-29-16-14-25(15-17-29)30(2)20-26(23-9-4-3-5-10-23)28-27(31)19-21-12-13-22-8-6-7-11-24(22)18-21/h3-13,18,25-26H,14-17,19-20H2,1-2H3,(H,28,31). The minimum Gasteiger partial charge on any atom is -0.348 e. The van der Waals surface area contributed by atoms with Gasteiger partial charge in [-0.05, 0) is 61.9 Å². The van der Waals surface area contributed by atoms with Crippen molar-refractivity contribution in [1.29, 1.82) is 0 Å². The van der Waals surface area contributed by atoms with Crippen molar-refractivity contribution in [1.82, 2.24) is 15.1 Å². The molecule has 0 saturated carbocycles. The highest BCUT2D eigenvalue weighted by atomic mass is 16.1. The second-order valence-corrected chi connectivity index (χ2v) is 8.86. The molecule has 3 aromatic carbocycles. The second kappa shape index (κ2) is 10.1. The lowest BCUT2D eigenvalue weighted by Gasteiger charge is -2.37. The summed E-state index contributed by atoms with van der Waals surface area (Å²) in [6.45, 7) is 3.10. The number of hydrogen-bond donors (Lipinski definition) is 1. The summed E-state index contributed by atoms with van der Waals surface area (Å²) in [4.78, 5) is 17.8. The molecule has 1 aliphatic heterocycles. The number of hydrogen-bond acceptors (Lipinski definition) is 3. The predicted molar refractivity (Wildman–Crippen MR) is 128 cm³/mol. The molecule has 0 aromatic heterocycles. The van der Waals surface area contributed by atoms with Crippen molar-refractivity contribution in [3.63, 3.8) is 0 Å². The number of fused-ring (bicyclic) bond motifs is 1. The van der Waals surface area contributed by atoms with E-state index in [-0.39, 0.29) is 11.9 Å². The minimum atomic E-state index is -0.0150. The Morgan fingerprint density at radius 2 is 1.68 bits per heavy atom. The molecule has 1 N–H and O–H groups in total. The number of likely N-dealkylation sites (N-methyl/N-ethyl adjacent to an activating group) is 1. The molecule has 1 atom stereocenters. The first-order valence-corrected chi connectivity index (χ1v) is 11.3. The lowest BCUT2D eigenvalue weighted by molar-refractivity contribution is -0.121. The molecule has 0 bridgehead atoms. The van der Waals surface area contributed by atoms with Gasteiger partial charge in [-0.15, -0.1) is 0 Å². The number of piperidine rings is 1. The summed E-state index contributed by atoms with van der Waals surface area (Å²) < 4.78 is 0. The summed E-state index contributed by atoms with van der Waals surface area (Å²) >= 11 is 0. The van der Waals surface area contributed by atoms with Gasteiger partial charge in [-0.2, -0.15) is 0 Å². The molecule has 0 spiro atoms. The molecule has 162 valence electrons. The van der Waals surface area contributed by atoms with E-state index in [1.165, 1.54) is 23.6 Å². The van der Waals surface area contributed by atoms with Gasteiger partial charge >= 0.3 is 0 Å². The molecule has 0 radical (unpaired) electrons. The zero-order chi connectivity index (χ0) is 21.6. The van der Waals surface area contributed by atoms with E-state index in [4.69, 9.17) is 0 Å². The lowest BCUT2D eigenvalue weighted by atomic mass is 10.0. The molecule has 1 heterocycles. The molecule has 3 aromatic rings. The topological polar surface area (TPSA) is 35.6 Å². The number of nitrogens with zero attached hydrogens (tertiary/aromatic N) is 2. The van der Waals surface area contributed by atoms with Gasteiger partial charge in [0.15, 0.2) is 0 Å². The van der Waals surface area contributed by atoms with Crippen molar-refractivity contribution in [2.45, 2.75) is 31.3 Å². The fourth-order valence-corrected chi connectivity index (χ4v) is 4.57. The van der Waals surface area contributed by atoms with Gasteiger partial charge in [0.1, 0.15) is 0 Å². The van der Waals surface area contributed by atoms with Crippen LogP contribution in [0.1, 0.15) is 30.0 Å². The first kappa shape index (κ1) is 21.5. The van der Waals surface area contributed by atoms with Gasteiger partial charge in [-0.3, -0.25) is 4.79 Å². The van der Waals surface area contributed by atoms with Gasteiger partial charge in [0, 0.05) is 12.6 Å². The number of carbonyl (C=O) groups is 1. The summed E-state index contributed by atoms with van der Waals surface area (Å²) in [6.07, 6.45) is 2.76. The molecular weight excluding hydrogens is 382 g/mol. The second-order valence-electron chi connectivity index (χ2n) is 8.86. The fourth-order valence-electron chi connectivity index (χ4n) is 4.57. The minimum absolute atomic E-state index is 0.0150.